The van der Waals surface area contributed by atoms with E-state index in [2.05, 4.69) is 0 Å². The average Bonchev–Trinajstić information content (AvgIpc) is 3.28. The van der Waals surface area contributed by atoms with Gasteiger partial charge in [-0.2, -0.15) is 26.3 Å². The molecule has 0 saturated heterocycles. The highest BCUT2D eigenvalue weighted by Gasteiger charge is 2.51. The molecule has 0 saturated carbocycles. The summed E-state index contributed by atoms with van der Waals surface area (Å²) >= 11 is 0. The van der Waals surface area contributed by atoms with Crippen molar-refractivity contribution in [2.24, 2.45) is 0 Å². The van der Waals surface area contributed by atoms with Gasteiger partial charge in [-0.05, 0) is 55.9 Å². The molecule has 0 spiro atoms. The molecular weight excluding hydrogens is 550 g/mol. The molecule has 0 amide bonds. The van der Waals surface area contributed by atoms with E-state index in [1.807, 2.05) is 50.2 Å². The van der Waals surface area contributed by atoms with E-state index in [0.29, 0.717) is 44.8 Å². The monoisotopic (exact) mass is 578 g/mol. The van der Waals surface area contributed by atoms with Crippen LogP contribution >= 0.6 is 0 Å². The Kier molecular flexibility index (Phi) is 7.59. The van der Waals surface area contributed by atoms with E-state index >= 15 is 0 Å². The predicted molar refractivity (Wildman–Crippen MR) is 156 cm³/mol. The second-order valence-corrected chi connectivity index (χ2v) is 14.7. The van der Waals surface area contributed by atoms with Crippen LogP contribution in [0.3, 0.4) is 0 Å². The van der Waals surface area contributed by atoms with Crippen molar-refractivity contribution in [1.82, 2.24) is 0 Å². The van der Waals surface area contributed by atoms with Crippen LogP contribution in [0, 0.1) is 0 Å². The molecule has 0 nitrogen and oxygen atoms in total. The van der Waals surface area contributed by atoms with E-state index in [0.717, 1.165) is 12.1 Å². The molecule has 1 aliphatic heterocycles. The van der Waals surface area contributed by atoms with Crippen LogP contribution in [0.15, 0.2) is 109 Å². The van der Waals surface area contributed by atoms with Gasteiger partial charge in [-0.3, -0.25) is 0 Å². The molecule has 0 atom stereocenters. The zero-order valence-electron chi connectivity index (χ0n) is 22.6. The molecule has 210 valence electrons. The quantitative estimate of drug-likeness (QED) is 0.158. The number of hydrogen-bond donors (Lipinski definition) is 0. The van der Waals surface area contributed by atoms with E-state index in [1.165, 1.54) is 24.3 Å². The van der Waals surface area contributed by atoms with Gasteiger partial charge in [0, 0.05) is 0 Å². The SMILES string of the molecule is CC[Si]1(CC)C(c2ccccc2C(F)(F)F)=C(c2ccccc2)C(c2ccccc2)=C1c1ccccc1C(F)(F)F. The Morgan fingerprint density at radius 1 is 0.463 bits per heavy atom. The third kappa shape index (κ3) is 4.97. The molecule has 0 N–H and O–H groups in total. The first-order valence-corrected chi connectivity index (χ1v) is 15.9. The van der Waals surface area contributed by atoms with E-state index in [9.17, 15) is 26.3 Å². The summed E-state index contributed by atoms with van der Waals surface area (Å²) in [6, 6.07) is 30.0. The Hall–Kier alpha value is -3.84. The number of rotatable bonds is 6. The van der Waals surface area contributed by atoms with Gasteiger partial charge >= 0.3 is 12.4 Å². The number of halogens is 6. The lowest BCUT2D eigenvalue weighted by atomic mass is 9.88. The van der Waals surface area contributed by atoms with Crippen LogP contribution in [0.2, 0.25) is 12.1 Å². The summed E-state index contributed by atoms with van der Waals surface area (Å²) in [4.78, 5) is 0. The average molecular weight is 579 g/mol. The molecule has 0 bridgehead atoms. The van der Waals surface area contributed by atoms with Crippen molar-refractivity contribution < 1.29 is 26.3 Å². The highest BCUT2D eigenvalue weighted by Crippen LogP contribution is 2.60. The van der Waals surface area contributed by atoms with Crippen molar-refractivity contribution in [3.63, 3.8) is 0 Å². The molecule has 0 unspecified atom stereocenters. The number of allylic oxidation sites excluding steroid dienone is 2. The fraction of sp³-hybridized carbons (Fsp3) is 0.176. The number of benzene rings is 4. The Morgan fingerprint density at radius 2 is 0.780 bits per heavy atom. The number of alkyl halides is 6. The van der Waals surface area contributed by atoms with Crippen molar-refractivity contribution in [2.75, 3.05) is 0 Å². The van der Waals surface area contributed by atoms with E-state index in [-0.39, 0.29) is 11.1 Å². The molecule has 4 aromatic carbocycles. The number of hydrogen-bond acceptors (Lipinski definition) is 0. The highest BCUT2D eigenvalue weighted by molar-refractivity contribution is 7.14. The van der Waals surface area contributed by atoms with Gasteiger partial charge in [-0.25, -0.2) is 0 Å². The van der Waals surface area contributed by atoms with Gasteiger partial charge in [0.15, 0.2) is 0 Å². The van der Waals surface area contributed by atoms with E-state index in [1.54, 1.807) is 36.4 Å². The third-order valence-electron chi connectivity index (χ3n) is 8.04. The summed E-state index contributed by atoms with van der Waals surface area (Å²) in [5.74, 6) is 0. The molecule has 4 aromatic rings. The Balaban J connectivity index is 2.04. The molecule has 1 aliphatic rings. The first-order valence-electron chi connectivity index (χ1n) is 13.5. The van der Waals surface area contributed by atoms with Crippen LogP contribution in [0.25, 0.3) is 21.5 Å². The summed E-state index contributed by atoms with van der Waals surface area (Å²) in [6.45, 7) is 3.80. The minimum atomic E-state index is -4.65. The normalized spacial score (nSPS) is 15.5. The van der Waals surface area contributed by atoms with Crippen LogP contribution in [-0.2, 0) is 12.4 Å². The maximum Gasteiger partial charge on any atom is 0.416 e. The molecule has 41 heavy (non-hydrogen) atoms. The molecule has 0 aromatic heterocycles. The van der Waals surface area contributed by atoms with Crippen LogP contribution < -0.4 is 0 Å². The van der Waals surface area contributed by atoms with Gasteiger partial charge in [0.1, 0.15) is 8.07 Å². The Labute approximate surface area is 236 Å². The van der Waals surface area contributed by atoms with Gasteiger partial charge in [0.2, 0.25) is 0 Å². The van der Waals surface area contributed by atoms with Gasteiger partial charge in [-0.1, -0.05) is 123 Å². The third-order valence-corrected chi connectivity index (χ3v) is 13.4. The summed E-state index contributed by atoms with van der Waals surface area (Å²) < 4.78 is 87.5. The summed E-state index contributed by atoms with van der Waals surface area (Å²) in [7, 11) is -3.27. The van der Waals surface area contributed by atoms with Gasteiger partial charge in [0.05, 0.1) is 11.1 Å². The van der Waals surface area contributed by atoms with Crippen molar-refractivity contribution in [3.8, 4) is 0 Å². The summed E-state index contributed by atoms with van der Waals surface area (Å²) in [6.07, 6.45) is -9.29. The lowest BCUT2D eigenvalue weighted by molar-refractivity contribution is -0.138. The highest BCUT2D eigenvalue weighted by atomic mass is 28.3. The predicted octanol–water partition coefficient (Wildman–Crippen LogP) is 10.8. The maximum atomic E-state index is 14.6. The molecular formula is C34H28F6Si. The molecule has 7 heteroatoms. The maximum absolute atomic E-state index is 14.6. The lowest BCUT2D eigenvalue weighted by Gasteiger charge is -2.34. The van der Waals surface area contributed by atoms with Gasteiger partial charge in [0.25, 0.3) is 0 Å². The Morgan fingerprint density at radius 3 is 1.10 bits per heavy atom. The minimum absolute atomic E-state index is 0.0436. The molecule has 1 heterocycles. The van der Waals surface area contributed by atoms with Crippen molar-refractivity contribution >= 4 is 29.6 Å². The first kappa shape index (κ1) is 28.7. The van der Waals surface area contributed by atoms with Crippen LogP contribution in [0.5, 0.6) is 0 Å². The topological polar surface area (TPSA) is 0 Å². The zero-order chi connectivity index (χ0) is 29.4. The van der Waals surface area contributed by atoms with E-state index in [4.69, 9.17) is 0 Å². The summed E-state index contributed by atoms with van der Waals surface area (Å²) in [5, 5.41) is 1.07. The minimum Gasteiger partial charge on any atom is -0.166 e. The second-order valence-electron chi connectivity index (χ2n) is 10.1. The van der Waals surface area contributed by atoms with Crippen LogP contribution in [0.1, 0.15) is 47.2 Å². The molecule has 0 radical (unpaired) electrons. The zero-order valence-corrected chi connectivity index (χ0v) is 23.6. The van der Waals surface area contributed by atoms with Crippen molar-refractivity contribution in [3.05, 3.63) is 143 Å². The fourth-order valence-electron chi connectivity index (χ4n) is 6.28. The molecule has 0 fully saturated rings. The van der Waals surface area contributed by atoms with Gasteiger partial charge < -0.3 is 0 Å². The smallest absolute Gasteiger partial charge is 0.166 e. The van der Waals surface area contributed by atoms with E-state index < -0.39 is 31.6 Å². The van der Waals surface area contributed by atoms with Crippen LogP contribution in [-0.4, -0.2) is 8.07 Å². The lowest BCUT2D eigenvalue weighted by Crippen LogP contribution is -2.36. The van der Waals surface area contributed by atoms with Gasteiger partial charge in [-0.15, -0.1) is 0 Å². The second kappa shape index (κ2) is 10.9. The van der Waals surface area contributed by atoms with Crippen LogP contribution in [0.4, 0.5) is 26.3 Å². The standard InChI is InChI=1S/C34H28F6Si/c1-3-41(4-2)31(25-19-11-13-21-27(25)33(35,36)37)29(23-15-7-5-8-16-23)30(24-17-9-6-10-18-24)32(41)26-20-12-14-22-28(26)34(38,39)40/h5-22H,3-4H2,1-2H3. The first-order chi connectivity index (χ1) is 19.5. The van der Waals surface area contributed by atoms with Crippen molar-refractivity contribution in [1.29, 1.82) is 0 Å². The molecule has 0 aliphatic carbocycles. The fourth-order valence-corrected chi connectivity index (χ4v) is 11.4. The van der Waals surface area contributed by atoms with Crippen molar-refractivity contribution in [2.45, 2.75) is 38.3 Å². The largest absolute Gasteiger partial charge is 0.416 e. The summed E-state index contributed by atoms with van der Waals surface area (Å²) in [5.41, 5.74) is 1.05. The Bertz CT molecular complexity index is 1490. The molecule has 5 rings (SSSR count).